The van der Waals surface area contributed by atoms with Gasteiger partial charge >= 0.3 is 0 Å². The number of methoxy groups -OCH3 is 1. The summed E-state index contributed by atoms with van der Waals surface area (Å²) in [6, 6.07) is 11.5. The van der Waals surface area contributed by atoms with Crippen LogP contribution in [0, 0.1) is 5.82 Å². The van der Waals surface area contributed by atoms with Gasteiger partial charge in [0.1, 0.15) is 12.4 Å². The number of rotatable bonds is 8. The Hall–Kier alpha value is -2.60. The van der Waals surface area contributed by atoms with Crippen molar-refractivity contribution in [1.29, 1.82) is 0 Å². The minimum atomic E-state index is -0.312. The predicted octanol–water partition coefficient (Wildman–Crippen LogP) is 3.25. The van der Waals surface area contributed by atoms with Gasteiger partial charge in [0, 0.05) is 13.2 Å². The molecule has 1 heterocycles. The normalized spacial score (nSPS) is 16.1. The quantitative estimate of drug-likeness (QED) is 0.772. The van der Waals surface area contributed by atoms with E-state index in [4.69, 9.17) is 14.2 Å². The molecule has 1 saturated heterocycles. The molecule has 1 N–H and O–H groups in total. The molecule has 0 aromatic heterocycles. The van der Waals surface area contributed by atoms with E-state index in [1.807, 2.05) is 18.2 Å². The van der Waals surface area contributed by atoms with Gasteiger partial charge in [-0.05, 0) is 48.2 Å². The fourth-order valence-electron chi connectivity index (χ4n) is 2.95. The van der Waals surface area contributed by atoms with Gasteiger partial charge in [0.2, 0.25) is 5.91 Å². The van der Waals surface area contributed by atoms with E-state index < -0.39 is 0 Å². The number of benzene rings is 2. The topological polar surface area (TPSA) is 56.8 Å². The second-order valence-electron chi connectivity index (χ2n) is 6.51. The van der Waals surface area contributed by atoms with Gasteiger partial charge in [-0.2, -0.15) is 0 Å². The van der Waals surface area contributed by atoms with Crippen molar-refractivity contribution in [3.63, 3.8) is 0 Å². The number of carbonyl (C=O) groups excluding carboxylic acids is 1. The van der Waals surface area contributed by atoms with Gasteiger partial charge in [-0.1, -0.05) is 18.2 Å². The minimum absolute atomic E-state index is 0.126. The molecule has 1 aliphatic rings. The van der Waals surface area contributed by atoms with Crippen LogP contribution in [0.25, 0.3) is 0 Å². The summed E-state index contributed by atoms with van der Waals surface area (Å²) < 4.78 is 29.7. The molecule has 6 heteroatoms. The van der Waals surface area contributed by atoms with E-state index in [9.17, 15) is 9.18 Å². The molecule has 0 radical (unpaired) electrons. The smallest absolute Gasteiger partial charge is 0.224 e. The molecule has 3 rings (SSSR count). The number of halogens is 1. The standard InChI is InChI=1S/C21H24FNO4/c1-25-20-11-16(6-9-19(20)27-14-18-3-2-10-26-18)13-23-21(24)12-15-4-7-17(22)8-5-15/h4-9,11,18H,2-3,10,12-14H2,1H3,(H,23,24)/t18-/m1/s1. The molecule has 1 atom stereocenters. The van der Waals surface area contributed by atoms with Gasteiger partial charge < -0.3 is 19.5 Å². The maximum absolute atomic E-state index is 12.9. The molecule has 0 spiro atoms. The van der Waals surface area contributed by atoms with E-state index in [0.717, 1.165) is 30.6 Å². The lowest BCUT2D eigenvalue weighted by Crippen LogP contribution is -2.24. The first-order chi connectivity index (χ1) is 13.1. The zero-order valence-corrected chi connectivity index (χ0v) is 15.4. The monoisotopic (exact) mass is 373 g/mol. The van der Waals surface area contributed by atoms with Crippen molar-refractivity contribution < 1.29 is 23.4 Å². The molecule has 1 amide bonds. The molecule has 27 heavy (non-hydrogen) atoms. The third kappa shape index (κ3) is 5.69. The molecule has 1 aliphatic heterocycles. The van der Waals surface area contributed by atoms with Crippen molar-refractivity contribution in [2.75, 3.05) is 20.3 Å². The molecule has 1 fully saturated rings. The molecular formula is C21H24FNO4. The maximum Gasteiger partial charge on any atom is 0.224 e. The maximum atomic E-state index is 12.9. The Morgan fingerprint density at radius 2 is 1.96 bits per heavy atom. The second kappa shape index (κ2) is 9.37. The SMILES string of the molecule is COc1cc(CNC(=O)Cc2ccc(F)cc2)ccc1OC[C@H]1CCCO1. The summed E-state index contributed by atoms with van der Waals surface area (Å²) in [4.78, 5) is 12.1. The average Bonchev–Trinajstić information content (AvgIpc) is 3.20. The summed E-state index contributed by atoms with van der Waals surface area (Å²) in [6.07, 6.45) is 2.43. The third-order valence-corrected chi connectivity index (χ3v) is 4.44. The number of carbonyl (C=O) groups is 1. The van der Waals surface area contributed by atoms with Gasteiger partial charge in [-0.3, -0.25) is 4.79 Å². The summed E-state index contributed by atoms with van der Waals surface area (Å²) in [7, 11) is 1.59. The van der Waals surface area contributed by atoms with E-state index >= 15 is 0 Å². The van der Waals surface area contributed by atoms with Gasteiger partial charge in [-0.15, -0.1) is 0 Å². The number of hydrogen-bond acceptors (Lipinski definition) is 4. The van der Waals surface area contributed by atoms with E-state index in [-0.39, 0.29) is 24.2 Å². The summed E-state index contributed by atoms with van der Waals surface area (Å²) >= 11 is 0. The van der Waals surface area contributed by atoms with Crippen LogP contribution in [0.2, 0.25) is 0 Å². The van der Waals surface area contributed by atoms with Crippen LogP contribution in [0.1, 0.15) is 24.0 Å². The Labute approximate surface area is 158 Å². The summed E-state index contributed by atoms with van der Waals surface area (Å²) in [5.41, 5.74) is 1.67. The Balaban J connectivity index is 1.51. The van der Waals surface area contributed by atoms with Crippen molar-refractivity contribution in [1.82, 2.24) is 5.32 Å². The van der Waals surface area contributed by atoms with Crippen LogP contribution >= 0.6 is 0 Å². The highest BCUT2D eigenvalue weighted by Gasteiger charge is 2.17. The molecule has 2 aromatic carbocycles. The van der Waals surface area contributed by atoms with Crippen LogP contribution in [-0.2, 0) is 22.5 Å². The Morgan fingerprint density at radius 1 is 1.19 bits per heavy atom. The van der Waals surface area contributed by atoms with Crippen molar-refractivity contribution in [3.05, 3.63) is 59.4 Å². The lowest BCUT2D eigenvalue weighted by molar-refractivity contribution is -0.120. The first-order valence-corrected chi connectivity index (χ1v) is 9.06. The van der Waals surface area contributed by atoms with Crippen LogP contribution in [-0.4, -0.2) is 32.3 Å². The van der Waals surface area contributed by atoms with Crippen LogP contribution < -0.4 is 14.8 Å². The zero-order chi connectivity index (χ0) is 19.1. The molecule has 5 nitrogen and oxygen atoms in total. The van der Waals surface area contributed by atoms with Crippen molar-refractivity contribution in [2.24, 2.45) is 0 Å². The molecule has 0 unspecified atom stereocenters. The molecule has 0 aliphatic carbocycles. The Morgan fingerprint density at radius 3 is 2.67 bits per heavy atom. The van der Waals surface area contributed by atoms with Crippen LogP contribution in [0.5, 0.6) is 11.5 Å². The van der Waals surface area contributed by atoms with Gasteiger partial charge in [0.15, 0.2) is 11.5 Å². The fourth-order valence-corrected chi connectivity index (χ4v) is 2.95. The number of nitrogens with one attached hydrogen (secondary N) is 1. The lowest BCUT2D eigenvalue weighted by Gasteiger charge is -2.15. The largest absolute Gasteiger partial charge is 0.493 e. The summed E-state index contributed by atoms with van der Waals surface area (Å²) in [6.45, 7) is 1.67. The van der Waals surface area contributed by atoms with Crippen molar-refractivity contribution >= 4 is 5.91 Å². The summed E-state index contributed by atoms with van der Waals surface area (Å²) in [5.74, 6) is 0.847. The van der Waals surface area contributed by atoms with Crippen molar-refractivity contribution in [2.45, 2.75) is 31.9 Å². The number of ether oxygens (including phenoxy) is 3. The number of hydrogen-bond donors (Lipinski definition) is 1. The van der Waals surface area contributed by atoms with E-state index in [0.29, 0.717) is 24.7 Å². The van der Waals surface area contributed by atoms with Crippen LogP contribution in [0.4, 0.5) is 4.39 Å². The average molecular weight is 373 g/mol. The number of amides is 1. The molecule has 0 bridgehead atoms. The lowest BCUT2D eigenvalue weighted by atomic mass is 10.1. The molecule has 2 aromatic rings. The predicted molar refractivity (Wildman–Crippen MR) is 99.4 cm³/mol. The van der Waals surface area contributed by atoms with Crippen molar-refractivity contribution in [3.8, 4) is 11.5 Å². The fraction of sp³-hybridized carbons (Fsp3) is 0.381. The second-order valence-corrected chi connectivity index (χ2v) is 6.51. The zero-order valence-electron chi connectivity index (χ0n) is 15.4. The first kappa shape index (κ1) is 19.2. The molecular weight excluding hydrogens is 349 g/mol. The summed E-state index contributed by atoms with van der Waals surface area (Å²) in [5, 5.41) is 2.86. The highest BCUT2D eigenvalue weighted by Crippen LogP contribution is 2.29. The molecule has 144 valence electrons. The van der Waals surface area contributed by atoms with Crippen LogP contribution in [0.3, 0.4) is 0 Å². The van der Waals surface area contributed by atoms with Gasteiger partial charge in [0.05, 0.1) is 19.6 Å². The van der Waals surface area contributed by atoms with Gasteiger partial charge in [0.25, 0.3) is 0 Å². The third-order valence-electron chi connectivity index (χ3n) is 4.44. The minimum Gasteiger partial charge on any atom is -0.493 e. The Bertz CT molecular complexity index is 757. The van der Waals surface area contributed by atoms with Gasteiger partial charge in [-0.25, -0.2) is 4.39 Å². The van der Waals surface area contributed by atoms with Crippen LogP contribution in [0.15, 0.2) is 42.5 Å². The van der Waals surface area contributed by atoms with E-state index in [1.54, 1.807) is 19.2 Å². The molecule has 0 saturated carbocycles. The van der Waals surface area contributed by atoms with E-state index in [1.165, 1.54) is 12.1 Å². The first-order valence-electron chi connectivity index (χ1n) is 9.06. The highest BCUT2D eigenvalue weighted by molar-refractivity contribution is 5.78. The van der Waals surface area contributed by atoms with E-state index in [2.05, 4.69) is 5.32 Å². The Kier molecular flexibility index (Phi) is 6.65. The highest BCUT2D eigenvalue weighted by atomic mass is 19.1.